The minimum absolute atomic E-state index is 0.115. The first kappa shape index (κ1) is 11.5. The molecule has 1 aromatic heterocycles. The van der Waals surface area contributed by atoms with Crippen molar-refractivity contribution in [3.63, 3.8) is 0 Å². The molecule has 94 valence electrons. The zero-order chi connectivity index (χ0) is 13.4. The minimum Gasteiger partial charge on any atom is -0.493 e. The van der Waals surface area contributed by atoms with Crippen LogP contribution in [-0.4, -0.2) is 10.1 Å². The largest absolute Gasteiger partial charge is 0.493 e. The van der Waals surface area contributed by atoms with E-state index in [0.29, 0.717) is 5.56 Å². The van der Waals surface area contributed by atoms with Crippen molar-refractivity contribution in [2.45, 2.75) is 6.92 Å². The lowest BCUT2D eigenvalue weighted by Crippen LogP contribution is -2.05. The van der Waals surface area contributed by atoms with Crippen molar-refractivity contribution in [3.05, 3.63) is 58.4 Å². The van der Waals surface area contributed by atoms with Gasteiger partial charge in [-0.05, 0) is 23.8 Å². The Morgan fingerprint density at radius 3 is 2.63 bits per heavy atom. The molecule has 0 aliphatic heterocycles. The Morgan fingerprint density at radius 1 is 1.11 bits per heavy atom. The van der Waals surface area contributed by atoms with E-state index in [9.17, 15) is 9.90 Å². The summed E-state index contributed by atoms with van der Waals surface area (Å²) in [4.78, 5) is 15.5. The van der Waals surface area contributed by atoms with Crippen LogP contribution in [0.2, 0.25) is 0 Å². The molecular weight excluding hydrogens is 242 g/mol. The predicted molar refractivity (Wildman–Crippen MR) is 72.1 cm³/mol. The van der Waals surface area contributed by atoms with Gasteiger partial charge in [0.15, 0.2) is 0 Å². The molecule has 3 aromatic rings. The highest BCUT2D eigenvalue weighted by Crippen LogP contribution is 2.27. The number of nitrogens with zero attached hydrogens (tertiary/aromatic N) is 1. The van der Waals surface area contributed by atoms with Gasteiger partial charge in [-0.25, -0.2) is 4.79 Å². The summed E-state index contributed by atoms with van der Waals surface area (Å²) in [7, 11) is 0. The molecule has 0 radical (unpaired) electrons. The zero-order valence-electron chi connectivity index (χ0n) is 10.3. The molecule has 0 saturated carbocycles. The van der Waals surface area contributed by atoms with Gasteiger partial charge in [0.25, 0.3) is 0 Å². The molecule has 0 aliphatic carbocycles. The molecule has 0 bridgehead atoms. The van der Waals surface area contributed by atoms with Crippen LogP contribution in [0.4, 0.5) is 0 Å². The van der Waals surface area contributed by atoms with Crippen LogP contribution in [0.3, 0.4) is 0 Å². The van der Waals surface area contributed by atoms with E-state index in [1.165, 1.54) is 6.92 Å². The third-order valence-electron chi connectivity index (χ3n) is 3.06. The molecule has 4 heteroatoms. The van der Waals surface area contributed by atoms with Gasteiger partial charge in [-0.2, -0.15) is 4.98 Å². The average molecular weight is 253 g/mol. The summed E-state index contributed by atoms with van der Waals surface area (Å²) >= 11 is 0. The number of fused-ring (bicyclic) bond motifs is 1. The Morgan fingerprint density at radius 2 is 1.84 bits per heavy atom. The first-order chi connectivity index (χ1) is 9.16. The third-order valence-corrected chi connectivity index (χ3v) is 3.06. The lowest BCUT2D eigenvalue weighted by Gasteiger charge is -2.05. The smallest absolute Gasteiger partial charge is 0.345 e. The Bertz CT molecular complexity index is 816. The van der Waals surface area contributed by atoms with E-state index < -0.39 is 5.63 Å². The van der Waals surface area contributed by atoms with Gasteiger partial charge in [0.1, 0.15) is 0 Å². The van der Waals surface area contributed by atoms with Crippen LogP contribution >= 0.6 is 0 Å². The van der Waals surface area contributed by atoms with Crippen LogP contribution in [0, 0.1) is 6.92 Å². The summed E-state index contributed by atoms with van der Waals surface area (Å²) in [5.74, 6) is -0.163. The average Bonchev–Trinajstić information content (AvgIpc) is 2.43. The van der Waals surface area contributed by atoms with Crippen molar-refractivity contribution in [2.24, 2.45) is 0 Å². The first-order valence-electron chi connectivity index (χ1n) is 5.85. The molecule has 0 fully saturated rings. The summed E-state index contributed by atoms with van der Waals surface area (Å²) in [5.41, 5.74) is 0.227. The number of hydrogen-bond donors (Lipinski definition) is 1. The topological polar surface area (TPSA) is 63.3 Å². The molecule has 0 amide bonds. The molecule has 0 aliphatic rings. The van der Waals surface area contributed by atoms with Gasteiger partial charge in [-0.1, -0.05) is 36.4 Å². The van der Waals surface area contributed by atoms with Crippen LogP contribution in [0.25, 0.3) is 22.2 Å². The quantitative estimate of drug-likeness (QED) is 0.724. The number of benzene rings is 2. The molecule has 4 nitrogen and oxygen atoms in total. The standard InChI is InChI=1S/C15H11NO3/c1-9-13(17)16-14(19-15(9)18)12-8-4-6-10-5-2-3-7-11(10)12/h2-8,17H,1H3. The number of hydrogen-bond acceptors (Lipinski definition) is 4. The Kier molecular flexibility index (Phi) is 2.56. The van der Waals surface area contributed by atoms with Crippen molar-refractivity contribution in [3.8, 4) is 17.3 Å². The highest BCUT2D eigenvalue weighted by atomic mass is 16.4. The van der Waals surface area contributed by atoms with Crippen LogP contribution in [-0.2, 0) is 0 Å². The van der Waals surface area contributed by atoms with Gasteiger partial charge in [0, 0.05) is 5.56 Å². The fraction of sp³-hybridized carbons (Fsp3) is 0.0667. The third kappa shape index (κ3) is 1.87. The van der Waals surface area contributed by atoms with Gasteiger partial charge in [-0.15, -0.1) is 0 Å². The molecule has 2 aromatic carbocycles. The van der Waals surface area contributed by atoms with Gasteiger partial charge in [0.2, 0.25) is 11.8 Å². The van der Waals surface area contributed by atoms with Gasteiger partial charge in [-0.3, -0.25) is 0 Å². The SMILES string of the molecule is Cc1c(O)nc(-c2cccc3ccccc23)oc1=O. The fourth-order valence-corrected chi connectivity index (χ4v) is 1.99. The number of rotatable bonds is 1. The van der Waals surface area contributed by atoms with Crippen molar-refractivity contribution in [1.29, 1.82) is 0 Å². The van der Waals surface area contributed by atoms with Crippen LogP contribution < -0.4 is 5.63 Å². The van der Waals surface area contributed by atoms with E-state index in [-0.39, 0.29) is 17.3 Å². The summed E-state index contributed by atoms with van der Waals surface area (Å²) in [6, 6.07) is 13.3. The molecule has 1 N–H and O–H groups in total. The van der Waals surface area contributed by atoms with Crippen molar-refractivity contribution in [1.82, 2.24) is 4.98 Å². The highest BCUT2D eigenvalue weighted by molar-refractivity contribution is 5.94. The summed E-state index contributed by atoms with van der Waals surface area (Å²) in [5, 5.41) is 11.6. The lowest BCUT2D eigenvalue weighted by atomic mass is 10.0. The summed E-state index contributed by atoms with van der Waals surface area (Å²) in [6.45, 7) is 1.47. The molecule has 3 rings (SSSR count). The maximum Gasteiger partial charge on any atom is 0.345 e. The normalized spacial score (nSPS) is 10.8. The predicted octanol–water partition coefficient (Wildman–Crippen LogP) is 2.87. The molecular formula is C15H11NO3. The lowest BCUT2D eigenvalue weighted by molar-refractivity contribution is 0.414. The van der Waals surface area contributed by atoms with Crippen LogP contribution in [0.1, 0.15) is 5.56 Å². The van der Waals surface area contributed by atoms with E-state index in [1.54, 1.807) is 0 Å². The van der Waals surface area contributed by atoms with Gasteiger partial charge >= 0.3 is 5.63 Å². The van der Waals surface area contributed by atoms with Crippen molar-refractivity contribution >= 4 is 10.8 Å². The van der Waals surface area contributed by atoms with E-state index in [0.717, 1.165) is 10.8 Å². The zero-order valence-corrected chi connectivity index (χ0v) is 10.3. The number of aromatic nitrogens is 1. The molecule has 0 spiro atoms. The van der Waals surface area contributed by atoms with Crippen LogP contribution in [0.5, 0.6) is 5.88 Å². The maximum atomic E-state index is 11.6. The Hall–Kier alpha value is -2.62. The molecule has 0 atom stereocenters. The highest BCUT2D eigenvalue weighted by Gasteiger charge is 2.12. The molecule has 0 unspecified atom stereocenters. The van der Waals surface area contributed by atoms with Gasteiger partial charge in [0.05, 0.1) is 5.56 Å². The molecule has 0 saturated heterocycles. The molecule has 19 heavy (non-hydrogen) atoms. The van der Waals surface area contributed by atoms with Gasteiger partial charge < -0.3 is 9.52 Å². The first-order valence-corrected chi connectivity index (χ1v) is 5.85. The van der Waals surface area contributed by atoms with E-state index in [4.69, 9.17) is 4.42 Å². The monoisotopic (exact) mass is 253 g/mol. The molecule has 1 heterocycles. The van der Waals surface area contributed by atoms with E-state index >= 15 is 0 Å². The van der Waals surface area contributed by atoms with E-state index in [1.807, 2.05) is 42.5 Å². The second-order valence-electron chi connectivity index (χ2n) is 4.28. The summed E-state index contributed by atoms with van der Waals surface area (Å²) < 4.78 is 5.16. The summed E-state index contributed by atoms with van der Waals surface area (Å²) in [6.07, 6.45) is 0. The van der Waals surface area contributed by atoms with Crippen LogP contribution in [0.15, 0.2) is 51.7 Å². The Balaban J connectivity index is 2.34. The Labute approximate surface area is 109 Å². The fourth-order valence-electron chi connectivity index (χ4n) is 1.99. The van der Waals surface area contributed by atoms with Crippen molar-refractivity contribution in [2.75, 3.05) is 0 Å². The maximum absolute atomic E-state index is 11.6. The second kappa shape index (κ2) is 4.24. The number of aromatic hydroxyl groups is 1. The van der Waals surface area contributed by atoms with E-state index in [2.05, 4.69) is 4.98 Å². The minimum atomic E-state index is -0.574. The second-order valence-corrected chi connectivity index (χ2v) is 4.28. The van der Waals surface area contributed by atoms with Crippen molar-refractivity contribution < 1.29 is 9.52 Å².